The van der Waals surface area contributed by atoms with Crippen molar-refractivity contribution < 1.29 is 9.90 Å². The summed E-state index contributed by atoms with van der Waals surface area (Å²) in [6.07, 6.45) is 1.28. The highest BCUT2D eigenvalue weighted by atomic mass is 16.3. The normalized spacial score (nSPS) is 18.2. The lowest BCUT2D eigenvalue weighted by Gasteiger charge is -2.33. The van der Waals surface area contributed by atoms with Crippen molar-refractivity contribution in [3.8, 4) is 0 Å². The standard InChI is InChI=1S/C19H30N2O2/c1-13(2)20-19(23)16-5-7-21(8-6-16)12-18(22)17-10-14(3)9-15(4)11-17/h9-11,13,16,18,22H,5-8,12H2,1-4H3,(H,20,23). The van der Waals surface area contributed by atoms with Crippen LogP contribution in [-0.2, 0) is 4.79 Å². The summed E-state index contributed by atoms with van der Waals surface area (Å²) in [7, 11) is 0. The SMILES string of the molecule is Cc1cc(C)cc(C(O)CN2CCC(C(=O)NC(C)C)CC2)c1. The van der Waals surface area contributed by atoms with E-state index in [0.29, 0.717) is 6.54 Å². The lowest BCUT2D eigenvalue weighted by Crippen LogP contribution is -2.43. The van der Waals surface area contributed by atoms with E-state index in [-0.39, 0.29) is 17.9 Å². The third kappa shape index (κ3) is 5.33. The molecule has 1 amide bonds. The molecule has 1 aliphatic heterocycles. The van der Waals surface area contributed by atoms with Crippen molar-refractivity contribution in [1.82, 2.24) is 10.2 Å². The molecule has 2 rings (SSSR count). The van der Waals surface area contributed by atoms with Crippen LogP contribution in [0, 0.1) is 19.8 Å². The Bertz CT molecular complexity index is 514. The number of amides is 1. The summed E-state index contributed by atoms with van der Waals surface area (Å²) in [4.78, 5) is 14.3. The van der Waals surface area contributed by atoms with Crippen LogP contribution in [0.4, 0.5) is 0 Å². The van der Waals surface area contributed by atoms with Crippen molar-refractivity contribution in [3.63, 3.8) is 0 Å². The summed E-state index contributed by atoms with van der Waals surface area (Å²) in [5.74, 6) is 0.293. The molecule has 1 aromatic carbocycles. The Hall–Kier alpha value is -1.39. The van der Waals surface area contributed by atoms with Gasteiger partial charge in [-0.1, -0.05) is 29.3 Å². The van der Waals surface area contributed by atoms with Gasteiger partial charge >= 0.3 is 0 Å². The Labute approximate surface area is 139 Å². The molecule has 0 aliphatic carbocycles. The second kappa shape index (κ2) is 7.93. The number of carbonyl (C=O) groups is 1. The maximum Gasteiger partial charge on any atom is 0.223 e. The first-order chi connectivity index (χ1) is 10.8. The fourth-order valence-corrected chi connectivity index (χ4v) is 3.33. The van der Waals surface area contributed by atoms with Crippen LogP contribution in [0.5, 0.6) is 0 Å². The van der Waals surface area contributed by atoms with Crippen molar-refractivity contribution >= 4 is 5.91 Å². The molecule has 0 radical (unpaired) electrons. The zero-order chi connectivity index (χ0) is 17.0. The maximum atomic E-state index is 12.1. The zero-order valence-electron chi connectivity index (χ0n) is 14.8. The van der Waals surface area contributed by atoms with Crippen LogP contribution in [0.3, 0.4) is 0 Å². The van der Waals surface area contributed by atoms with E-state index in [1.807, 2.05) is 13.8 Å². The Morgan fingerprint density at radius 1 is 1.22 bits per heavy atom. The molecular formula is C19H30N2O2. The van der Waals surface area contributed by atoms with Crippen molar-refractivity contribution in [2.24, 2.45) is 5.92 Å². The topological polar surface area (TPSA) is 52.6 Å². The van der Waals surface area contributed by atoms with Crippen LogP contribution < -0.4 is 5.32 Å². The first-order valence-electron chi connectivity index (χ1n) is 8.64. The van der Waals surface area contributed by atoms with Gasteiger partial charge in [0.15, 0.2) is 0 Å². The highest BCUT2D eigenvalue weighted by molar-refractivity contribution is 5.78. The number of aliphatic hydroxyl groups excluding tert-OH is 1. The molecule has 1 heterocycles. The molecule has 128 valence electrons. The van der Waals surface area contributed by atoms with Gasteiger partial charge in [-0.25, -0.2) is 0 Å². The van der Waals surface area contributed by atoms with E-state index in [0.717, 1.165) is 31.5 Å². The number of hydrogen-bond acceptors (Lipinski definition) is 3. The van der Waals surface area contributed by atoms with Crippen molar-refractivity contribution in [2.75, 3.05) is 19.6 Å². The van der Waals surface area contributed by atoms with E-state index < -0.39 is 6.10 Å². The molecule has 0 bridgehead atoms. The fourth-order valence-electron chi connectivity index (χ4n) is 3.33. The predicted octanol–water partition coefficient (Wildman–Crippen LogP) is 2.57. The van der Waals surface area contributed by atoms with E-state index in [1.54, 1.807) is 0 Å². The summed E-state index contributed by atoms with van der Waals surface area (Å²) >= 11 is 0. The van der Waals surface area contributed by atoms with Gasteiger partial charge in [0.05, 0.1) is 6.10 Å². The first kappa shape index (κ1) is 18.0. The maximum absolute atomic E-state index is 12.1. The molecule has 1 saturated heterocycles. The average Bonchev–Trinajstić information content (AvgIpc) is 2.46. The molecule has 4 heteroatoms. The summed E-state index contributed by atoms with van der Waals surface area (Å²) in [5.41, 5.74) is 3.36. The lowest BCUT2D eigenvalue weighted by molar-refractivity contribution is -0.127. The van der Waals surface area contributed by atoms with Crippen LogP contribution in [0.15, 0.2) is 18.2 Å². The minimum Gasteiger partial charge on any atom is -0.387 e. The Balaban J connectivity index is 1.85. The molecule has 1 unspecified atom stereocenters. The van der Waals surface area contributed by atoms with Gasteiger partial charge < -0.3 is 15.3 Å². The largest absolute Gasteiger partial charge is 0.387 e. The third-order valence-corrected chi connectivity index (χ3v) is 4.45. The quantitative estimate of drug-likeness (QED) is 0.877. The van der Waals surface area contributed by atoms with Crippen molar-refractivity contribution in [1.29, 1.82) is 0 Å². The molecule has 1 aliphatic rings. The van der Waals surface area contributed by atoms with E-state index in [2.05, 4.69) is 42.3 Å². The summed E-state index contributed by atoms with van der Waals surface area (Å²) in [6.45, 7) is 10.5. The molecule has 1 atom stereocenters. The van der Waals surface area contributed by atoms with E-state index in [9.17, 15) is 9.90 Å². The van der Waals surface area contributed by atoms with Crippen molar-refractivity contribution in [2.45, 2.75) is 52.7 Å². The highest BCUT2D eigenvalue weighted by Gasteiger charge is 2.26. The molecule has 0 saturated carbocycles. The van der Waals surface area contributed by atoms with E-state index in [1.165, 1.54) is 11.1 Å². The first-order valence-corrected chi connectivity index (χ1v) is 8.64. The third-order valence-electron chi connectivity index (χ3n) is 4.45. The Morgan fingerprint density at radius 2 is 1.78 bits per heavy atom. The monoisotopic (exact) mass is 318 g/mol. The van der Waals surface area contributed by atoms with Crippen LogP contribution >= 0.6 is 0 Å². The zero-order valence-corrected chi connectivity index (χ0v) is 14.8. The van der Waals surface area contributed by atoms with Crippen molar-refractivity contribution in [3.05, 3.63) is 34.9 Å². The van der Waals surface area contributed by atoms with Crippen LogP contribution in [-0.4, -0.2) is 41.6 Å². The summed E-state index contributed by atoms with van der Waals surface area (Å²) in [6, 6.07) is 6.43. The van der Waals surface area contributed by atoms with Gasteiger partial charge in [-0.3, -0.25) is 4.79 Å². The summed E-state index contributed by atoms with van der Waals surface area (Å²) in [5, 5.41) is 13.5. The number of hydrogen-bond donors (Lipinski definition) is 2. The fraction of sp³-hybridized carbons (Fsp3) is 0.632. The Kier molecular flexibility index (Phi) is 6.19. The predicted molar refractivity (Wildman–Crippen MR) is 93.3 cm³/mol. The number of benzene rings is 1. The number of nitrogens with zero attached hydrogens (tertiary/aromatic N) is 1. The Morgan fingerprint density at radius 3 is 2.30 bits per heavy atom. The number of β-amino-alcohol motifs (C(OH)–C–C–N with tert-alkyl or cyclic N) is 1. The molecule has 1 fully saturated rings. The van der Waals surface area contributed by atoms with Gasteiger partial charge in [0.25, 0.3) is 0 Å². The van der Waals surface area contributed by atoms with Gasteiger partial charge in [0.2, 0.25) is 5.91 Å². The van der Waals surface area contributed by atoms with Gasteiger partial charge in [-0.2, -0.15) is 0 Å². The highest BCUT2D eigenvalue weighted by Crippen LogP contribution is 2.22. The summed E-state index contributed by atoms with van der Waals surface area (Å²) < 4.78 is 0. The number of likely N-dealkylation sites (tertiary alicyclic amines) is 1. The average molecular weight is 318 g/mol. The molecule has 23 heavy (non-hydrogen) atoms. The molecule has 2 N–H and O–H groups in total. The van der Waals surface area contributed by atoms with Gasteiger partial charge in [-0.15, -0.1) is 0 Å². The minimum atomic E-state index is -0.463. The number of rotatable bonds is 5. The molecule has 1 aromatic rings. The number of aryl methyl sites for hydroxylation is 2. The smallest absolute Gasteiger partial charge is 0.223 e. The van der Waals surface area contributed by atoms with Crippen LogP contribution in [0.2, 0.25) is 0 Å². The number of aliphatic hydroxyl groups is 1. The van der Waals surface area contributed by atoms with E-state index >= 15 is 0 Å². The second-order valence-corrected chi connectivity index (χ2v) is 7.18. The minimum absolute atomic E-state index is 0.118. The second-order valence-electron chi connectivity index (χ2n) is 7.18. The van der Waals surface area contributed by atoms with Gasteiger partial charge in [0, 0.05) is 18.5 Å². The number of carbonyl (C=O) groups excluding carboxylic acids is 1. The van der Waals surface area contributed by atoms with Gasteiger partial charge in [-0.05, 0) is 59.2 Å². The molecular weight excluding hydrogens is 288 g/mol. The number of nitrogens with one attached hydrogen (secondary N) is 1. The molecule has 0 aromatic heterocycles. The van der Waals surface area contributed by atoms with Crippen LogP contribution in [0.1, 0.15) is 49.5 Å². The lowest BCUT2D eigenvalue weighted by atomic mass is 9.95. The van der Waals surface area contributed by atoms with Gasteiger partial charge in [0.1, 0.15) is 0 Å². The molecule has 0 spiro atoms. The van der Waals surface area contributed by atoms with Crippen LogP contribution in [0.25, 0.3) is 0 Å². The number of piperidine rings is 1. The van der Waals surface area contributed by atoms with E-state index in [4.69, 9.17) is 0 Å². The molecule has 4 nitrogen and oxygen atoms in total.